The van der Waals surface area contributed by atoms with Gasteiger partial charge in [0.05, 0.1) is 12.1 Å². The Morgan fingerprint density at radius 2 is 1.88 bits per heavy atom. The van der Waals surface area contributed by atoms with Crippen LogP contribution in [0.15, 0.2) is 18.2 Å². The van der Waals surface area contributed by atoms with Crippen molar-refractivity contribution in [3.8, 4) is 5.75 Å². The van der Waals surface area contributed by atoms with E-state index in [9.17, 15) is 0 Å². The van der Waals surface area contributed by atoms with E-state index in [-0.39, 0.29) is 4.95 Å². The summed E-state index contributed by atoms with van der Waals surface area (Å²) in [5, 5.41) is 0. The first kappa shape index (κ1) is 13.5. The van der Waals surface area contributed by atoms with Gasteiger partial charge >= 0.3 is 0 Å². The summed E-state index contributed by atoms with van der Waals surface area (Å²) in [4.78, 5) is 2.38. The molecule has 0 aliphatic heterocycles. The van der Waals surface area contributed by atoms with Crippen LogP contribution in [0.2, 0.25) is 0 Å². The summed E-state index contributed by atoms with van der Waals surface area (Å²) in [7, 11) is 5.83. The third-order valence-electron chi connectivity index (χ3n) is 2.60. The maximum atomic E-state index is 5.37. The van der Waals surface area contributed by atoms with Gasteiger partial charge in [0.2, 0.25) is 0 Å². The molecule has 3 heteroatoms. The summed E-state index contributed by atoms with van der Waals surface area (Å²) in [6.45, 7) is 4.36. The van der Waals surface area contributed by atoms with Crippen LogP contribution < -0.4 is 4.74 Å². The molecule has 0 spiro atoms. The van der Waals surface area contributed by atoms with Gasteiger partial charge in [-0.1, -0.05) is 35.8 Å². The first-order valence-electron chi connectivity index (χ1n) is 5.45. The molecule has 90 valence electrons. The van der Waals surface area contributed by atoms with E-state index in [1.54, 1.807) is 7.11 Å². The monoisotopic (exact) mass is 285 g/mol. The zero-order chi connectivity index (χ0) is 12.3. The van der Waals surface area contributed by atoms with E-state index in [0.717, 1.165) is 5.75 Å². The average molecular weight is 286 g/mol. The molecule has 0 heterocycles. The second kappa shape index (κ2) is 5.69. The van der Waals surface area contributed by atoms with Gasteiger partial charge in [-0.05, 0) is 43.3 Å². The molecule has 0 aromatic heterocycles. The fraction of sp³-hybridized carbons (Fsp3) is 0.538. The van der Waals surface area contributed by atoms with Crippen LogP contribution in [0.3, 0.4) is 0 Å². The molecule has 1 atom stereocenters. The molecule has 1 rings (SSSR count). The van der Waals surface area contributed by atoms with Crippen LogP contribution >= 0.6 is 15.9 Å². The Morgan fingerprint density at radius 1 is 1.25 bits per heavy atom. The van der Waals surface area contributed by atoms with Crippen LogP contribution in [0.5, 0.6) is 5.75 Å². The Bertz CT molecular complexity index is 350. The molecular formula is C13H20BrNO. The highest BCUT2D eigenvalue weighted by atomic mass is 79.9. The highest BCUT2D eigenvalue weighted by Gasteiger charge is 2.14. The Balaban J connectivity index is 3.11. The summed E-state index contributed by atoms with van der Waals surface area (Å²) < 4.78 is 5.37. The van der Waals surface area contributed by atoms with Crippen LogP contribution in [-0.4, -0.2) is 26.1 Å². The Hall–Kier alpha value is -0.540. The van der Waals surface area contributed by atoms with Crippen molar-refractivity contribution in [3.05, 3.63) is 29.3 Å². The molecule has 0 saturated heterocycles. The lowest BCUT2D eigenvalue weighted by atomic mass is 9.99. The Morgan fingerprint density at radius 3 is 2.31 bits per heavy atom. The van der Waals surface area contributed by atoms with E-state index < -0.39 is 0 Å². The predicted molar refractivity (Wildman–Crippen MR) is 72.4 cm³/mol. The van der Waals surface area contributed by atoms with E-state index in [0.29, 0.717) is 5.92 Å². The Labute approximate surface area is 107 Å². The maximum absolute atomic E-state index is 5.37. The van der Waals surface area contributed by atoms with Crippen LogP contribution in [-0.2, 0) is 0 Å². The summed E-state index contributed by atoms with van der Waals surface area (Å²) in [5.74, 6) is 1.44. The minimum atomic E-state index is 0.246. The summed E-state index contributed by atoms with van der Waals surface area (Å²) >= 11 is 3.67. The number of methoxy groups -OCH3 is 1. The minimum Gasteiger partial charge on any atom is -0.496 e. The molecule has 0 saturated carbocycles. The van der Waals surface area contributed by atoms with Crippen molar-refractivity contribution >= 4 is 15.9 Å². The molecule has 2 nitrogen and oxygen atoms in total. The van der Waals surface area contributed by atoms with Crippen molar-refractivity contribution in [2.24, 2.45) is 0 Å². The molecule has 1 unspecified atom stereocenters. The van der Waals surface area contributed by atoms with Crippen LogP contribution in [0.4, 0.5) is 0 Å². The summed E-state index contributed by atoms with van der Waals surface area (Å²) in [6, 6.07) is 6.36. The topological polar surface area (TPSA) is 12.5 Å². The molecule has 0 radical (unpaired) electrons. The van der Waals surface area contributed by atoms with Gasteiger partial charge in [0.15, 0.2) is 0 Å². The molecule has 0 N–H and O–H groups in total. The second-order valence-electron chi connectivity index (χ2n) is 4.46. The van der Waals surface area contributed by atoms with Gasteiger partial charge in [0.25, 0.3) is 0 Å². The minimum absolute atomic E-state index is 0.246. The predicted octanol–water partition coefficient (Wildman–Crippen LogP) is 3.77. The van der Waals surface area contributed by atoms with Crippen LogP contribution in [0.25, 0.3) is 0 Å². The van der Waals surface area contributed by atoms with Crippen molar-refractivity contribution < 1.29 is 4.74 Å². The van der Waals surface area contributed by atoms with Gasteiger partial charge in [0.1, 0.15) is 5.75 Å². The first-order chi connectivity index (χ1) is 7.47. The molecule has 0 fully saturated rings. The zero-order valence-corrected chi connectivity index (χ0v) is 12.2. The molecular weight excluding hydrogens is 266 g/mol. The summed E-state index contributed by atoms with van der Waals surface area (Å²) in [6.07, 6.45) is 0. The number of nitrogens with zero attached hydrogens (tertiary/aromatic N) is 1. The van der Waals surface area contributed by atoms with Gasteiger partial charge in [-0.15, -0.1) is 0 Å². The smallest absolute Gasteiger partial charge is 0.122 e. The molecule has 0 amide bonds. The fourth-order valence-corrected chi connectivity index (χ4v) is 1.94. The normalized spacial score (nSPS) is 13.2. The number of hydrogen-bond donors (Lipinski definition) is 0. The lowest BCUT2D eigenvalue weighted by molar-refractivity contribution is 0.393. The average Bonchev–Trinajstić information content (AvgIpc) is 2.26. The maximum Gasteiger partial charge on any atom is 0.122 e. The van der Waals surface area contributed by atoms with E-state index >= 15 is 0 Å². The molecule has 0 bridgehead atoms. The van der Waals surface area contributed by atoms with Crippen LogP contribution in [0, 0.1) is 0 Å². The van der Waals surface area contributed by atoms with Crippen molar-refractivity contribution in [1.82, 2.24) is 4.90 Å². The van der Waals surface area contributed by atoms with Crippen molar-refractivity contribution in [1.29, 1.82) is 0 Å². The molecule has 16 heavy (non-hydrogen) atoms. The number of benzene rings is 1. The lowest BCUT2D eigenvalue weighted by Crippen LogP contribution is -2.14. The van der Waals surface area contributed by atoms with E-state index in [4.69, 9.17) is 4.74 Å². The Kier molecular flexibility index (Phi) is 4.81. The third-order valence-corrected chi connectivity index (χ3v) is 3.95. The number of alkyl halides is 1. The second-order valence-corrected chi connectivity index (χ2v) is 5.32. The summed E-state index contributed by atoms with van der Waals surface area (Å²) in [5.41, 5.74) is 2.51. The SMILES string of the molecule is COc1ccc(C(Br)N(C)C)cc1C(C)C. The van der Waals surface area contributed by atoms with E-state index in [2.05, 4.69) is 60.9 Å². The van der Waals surface area contributed by atoms with Crippen molar-refractivity contribution in [3.63, 3.8) is 0 Å². The highest BCUT2D eigenvalue weighted by molar-refractivity contribution is 9.09. The standard InChI is InChI=1S/C13H20BrNO/c1-9(2)11-8-10(13(14)15(3)4)6-7-12(11)16-5/h6-9,13H,1-5H3. The number of ether oxygens (including phenoxy) is 1. The van der Waals surface area contributed by atoms with E-state index in [1.165, 1.54) is 11.1 Å². The molecule has 0 aliphatic carbocycles. The number of hydrogen-bond acceptors (Lipinski definition) is 2. The fourth-order valence-electron chi connectivity index (χ4n) is 1.65. The van der Waals surface area contributed by atoms with E-state index in [1.807, 2.05) is 6.07 Å². The highest BCUT2D eigenvalue weighted by Crippen LogP contribution is 2.32. The molecule has 1 aromatic carbocycles. The quantitative estimate of drug-likeness (QED) is 0.617. The number of rotatable bonds is 4. The van der Waals surface area contributed by atoms with Crippen molar-refractivity contribution in [2.75, 3.05) is 21.2 Å². The van der Waals surface area contributed by atoms with Gasteiger partial charge in [0, 0.05) is 0 Å². The largest absolute Gasteiger partial charge is 0.496 e. The molecule has 0 aliphatic rings. The number of halogens is 1. The first-order valence-corrected chi connectivity index (χ1v) is 6.37. The zero-order valence-electron chi connectivity index (χ0n) is 10.6. The van der Waals surface area contributed by atoms with Gasteiger partial charge in [-0.25, -0.2) is 0 Å². The van der Waals surface area contributed by atoms with Gasteiger partial charge < -0.3 is 4.74 Å². The molecule has 1 aromatic rings. The van der Waals surface area contributed by atoms with Crippen molar-refractivity contribution in [2.45, 2.75) is 24.7 Å². The lowest BCUT2D eigenvalue weighted by Gasteiger charge is -2.21. The third kappa shape index (κ3) is 2.98. The van der Waals surface area contributed by atoms with Gasteiger partial charge in [-0.2, -0.15) is 0 Å². The van der Waals surface area contributed by atoms with Crippen LogP contribution in [0.1, 0.15) is 35.8 Å². The van der Waals surface area contributed by atoms with Gasteiger partial charge in [-0.3, -0.25) is 4.90 Å².